The first-order valence-corrected chi connectivity index (χ1v) is 3.62. The van der Waals surface area contributed by atoms with E-state index in [4.69, 9.17) is 6.57 Å². The van der Waals surface area contributed by atoms with Crippen molar-refractivity contribution in [3.63, 3.8) is 0 Å². The van der Waals surface area contributed by atoms with Crippen LogP contribution < -0.4 is 0 Å². The van der Waals surface area contributed by atoms with E-state index in [0.29, 0.717) is 11.4 Å². The van der Waals surface area contributed by atoms with Gasteiger partial charge in [0.2, 0.25) is 5.69 Å². The van der Waals surface area contributed by atoms with Crippen molar-refractivity contribution in [3.05, 3.63) is 34.9 Å². The lowest BCUT2D eigenvalue weighted by atomic mass is 10.3. The van der Waals surface area contributed by atoms with Crippen LogP contribution in [0.5, 0.6) is 0 Å². The topological polar surface area (TPSA) is 43.5 Å². The smallest absolute Gasteiger partial charge is 0.356 e. The zero-order valence-electron chi connectivity index (χ0n) is 7.37. The summed E-state index contributed by atoms with van der Waals surface area (Å²) in [5, 5.41) is 0. The van der Waals surface area contributed by atoms with Gasteiger partial charge in [-0.3, -0.25) is 4.98 Å². The molecule has 0 saturated heterocycles. The number of rotatable bonds is 1. The summed E-state index contributed by atoms with van der Waals surface area (Å²) in [4.78, 5) is 18.2. The summed E-state index contributed by atoms with van der Waals surface area (Å²) in [5.74, 6) is -0.486. The van der Waals surface area contributed by atoms with Crippen LogP contribution in [0, 0.1) is 13.5 Å². The maximum atomic E-state index is 11.0. The van der Waals surface area contributed by atoms with Crippen molar-refractivity contribution >= 4 is 11.7 Å². The van der Waals surface area contributed by atoms with E-state index in [1.807, 2.05) is 0 Å². The zero-order valence-corrected chi connectivity index (χ0v) is 7.37. The van der Waals surface area contributed by atoms with Crippen molar-refractivity contribution in [1.82, 2.24) is 4.98 Å². The van der Waals surface area contributed by atoms with Crippen LogP contribution in [0.2, 0.25) is 0 Å². The molecule has 0 aliphatic rings. The lowest BCUT2D eigenvalue weighted by Crippen LogP contribution is -2.04. The maximum absolute atomic E-state index is 11.0. The molecule has 1 aromatic heterocycles. The molecule has 1 rings (SSSR count). The third-order valence-electron chi connectivity index (χ3n) is 1.57. The molecule has 0 aliphatic carbocycles. The van der Waals surface area contributed by atoms with Gasteiger partial charge in [-0.1, -0.05) is 6.07 Å². The monoisotopic (exact) mass is 176 g/mol. The van der Waals surface area contributed by atoms with Crippen molar-refractivity contribution in [3.8, 4) is 0 Å². The summed E-state index contributed by atoms with van der Waals surface area (Å²) in [6, 6.07) is 3.04. The van der Waals surface area contributed by atoms with Crippen molar-refractivity contribution in [1.29, 1.82) is 0 Å². The van der Waals surface area contributed by atoms with Crippen molar-refractivity contribution in [2.75, 3.05) is 7.11 Å². The highest BCUT2D eigenvalue weighted by molar-refractivity contribution is 5.87. The molecule has 0 bridgehead atoms. The summed E-state index contributed by atoms with van der Waals surface area (Å²) in [6.07, 6.45) is 0. The number of nitrogens with zero attached hydrogens (tertiary/aromatic N) is 2. The fourth-order valence-electron chi connectivity index (χ4n) is 0.890. The highest BCUT2D eigenvalue weighted by Gasteiger charge is 2.08. The van der Waals surface area contributed by atoms with Crippen molar-refractivity contribution in [2.45, 2.75) is 6.92 Å². The van der Waals surface area contributed by atoms with Gasteiger partial charge in [-0.05, 0) is 13.0 Å². The molecule has 0 spiro atoms. The molecule has 0 aromatic carbocycles. The number of ether oxygens (including phenoxy) is 1. The summed E-state index contributed by atoms with van der Waals surface area (Å²) >= 11 is 0. The Morgan fingerprint density at radius 3 is 2.77 bits per heavy atom. The number of hydrogen-bond donors (Lipinski definition) is 0. The van der Waals surface area contributed by atoms with E-state index >= 15 is 0 Å². The molecular weight excluding hydrogens is 168 g/mol. The number of aryl methyl sites for hydroxylation is 1. The third kappa shape index (κ3) is 1.82. The highest BCUT2D eigenvalue weighted by atomic mass is 16.5. The minimum absolute atomic E-state index is 0.229. The van der Waals surface area contributed by atoms with E-state index in [9.17, 15) is 4.79 Å². The standard InChI is InChI=1S/C9H8N2O2/c1-6-7(10-2)4-5-8(11-6)9(12)13-3/h4-5H,1,3H3. The predicted molar refractivity (Wildman–Crippen MR) is 46.6 cm³/mol. The fourth-order valence-corrected chi connectivity index (χ4v) is 0.890. The molecule has 1 heterocycles. The van der Waals surface area contributed by atoms with E-state index in [1.54, 1.807) is 13.0 Å². The first-order valence-electron chi connectivity index (χ1n) is 3.62. The second-order valence-electron chi connectivity index (χ2n) is 2.40. The first-order chi connectivity index (χ1) is 6.19. The van der Waals surface area contributed by atoms with Crippen LogP contribution in [-0.2, 0) is 4.74 Å². The van der Waals surface area contributed by atoms with Gasteiger partial charge in [0.25, 0.3) is 0 Å². The Balaban J connectivity index is 3.11. The van der Waals surface area contributed by atoms with Crippen LogP contribution in [-0.4, -0.2) is 18.1 Å². The Morgan fingerprint density at radius 2 is 2.31 bits per heavy atom. The first kappa shape index (κ1) is 9.20. The molecule has 13 heavy (non-hydrogen) atoms. The fraction of sp³-hybridized carbons (Fsp3) is 0.222. The number of methoxy groups -OCH3 is 1. The molecule has 1 aromatic rings. The van der Waals surface area contributed by atoms with Gasteiger partial charge in [0.1, 0.15) is 5.69 Å². The Kier molecular flexibility index (Phi) is 2.60. The van der Waals surface area contributed by atoms with E-state index in [1.165, 1.54) is 13.2 Å². The van der Waals surface area contributed by atoms with Crippen LogP contribution in [0.3, 0.4) is 0 Å². The molecule has 0 radical (unpaired) electrons. The van der Waals surface area contributed by atoms with Crippen LogP contribution in [0.1, 0.15) is 16.2 Å². The maximum Gasteiger partial charge on any atom is 0.356 e. The summed E-state index contributed by atoms with van der Waals surface area (Å²) in [6.45, 7) is 8.46. The van der Waals surface area contributed by atoms with E-state index in [-0.39, 0.29) is 5.69 Å². The highest BCUT2D eigenvalue weighted by Crippen LogP contribution is 2.16. The van der Waals surface area contributed by atoms with Crippen molar-refractivity contribution in [2.24, 2.45) is 0 Å². The number of pyridine rings is 1. The Bertz CT molecular complexity index is 380. The molecule has 66 valence electrons. The number of carbonyl (C=O) groups excluding carboxylic acids is 1. The van der Waals surface area contributed by atoms with E-state index in [0.717, 1.165) is 0 Å². The molecule has 0 unspecified atom stereocenters. The summed E-state index contributed by atoms with van der Waals surface area (Å²) < 4.78 is 4.49. The Hall–Kier alpha value is -1.89. The van der Waals surface area contributed by atoms with Crippen LogP contribution >= 0.6 is 0 Å². The van der Waals surface area contributed by atoms with Gasteiger partial charge in [-0.25, -0.2) is 9.64 Å². The summed E-state index contributed by atoms with van der Waals surface area (Å²) in [5.41, 5.74) is 1.22. The number of hydrogen-bond acceptors (Lipinski definition) is 3. The number of esters is 1. The van der Waals surface area contributed by atoms with Gasteiger partial charge >= 0.3 is 5.97 Å². The average molecular weight is 176 g/mol. The lowest BCUT2D eigenvalue weighted by Gasteiger charge is -2.00. The van der Waals surface area contributed by atoms with Gasteiger partial charge in [-0.2, -0.15) is 0 Å². The van der Waals surface area contributed by atoms with Crippen LogP contribution in [0.4, 0.5) is 5.69 Å². The average Bonchev–Trinajstić information content (AvgIpc) is 2.16. The minimum Gasteiger partial charge on any atom is -0.464 e. The van der Waals surface area contributed by atoms with E-state index in [2.05, 4.69) is 14.6 Å². The van der Waals surface area contributed by atoms with Crippen molar-refractivity contribution < 1.29 is 9.53 Å². The zero-order chi connectivity index (χ0) is 9.84. The normalized spacial score (nSPS) is 9.00. The molecule has 0 fully saturated rings. The van der Waals surface area contributed by atoms with Crippen LogP contribution in [0.25, 0.3) is 4.85 Å². The lowest BCUT2D eigenvalue weighted by molar-refractivity contribution is 0.0594. The molecule has 0 atom stereocenters. The number of carbonyl (C=O) groups is 1. The predicted octanol–water partition coefficient (Wildman–Crippen LogP) is 1.73. The Labute approximate surface area is 76.0 Å². The van der Waals surface area contributed by atoms with Gasteiger partial charge in [0.15, 0.2) is 0 Å². The molecule has 0 N–H and O–H groups in total. The second-order valence-corrected chi connectivity index (χ2v) is 2.40. The molecular formula is C9H8N2O2. The van der Waals surface area contributed by atoms with E-state index < -0.39 is 5.97 Å². The van der Waals surface area contributed by atoms with Gasteiger partial charge in [0.05, 0.1) is 13.7 Å². The SMILES string of the molecule is [C-]#[N+]c1ccc(C(=O)OC)nc1C. The quantitative estimate of drug-likeness (QED) is 0.483. The van der Waals surface area contributed by atoms with Gasteiger partial charge in [-0.15, -0.1) is 0 Å². The molecule has 0 saturated carbocycles. The third-order valence-corrected chi connectivity index (χ3v) is 1.57. The molecule has 0 aliphatic heterocycles. The largest absolute Gasteiger partial charge is 0.464 e. The molecule has 0 amide bonds. The second kappa shape index (κ2) is 3.68. The molecule has 4 nitrogen and oxygen atoms in total. The van der Waals surface area contributed by atoms with Gasteiger partial charge in [0, 0.05) is 5.69 Å². The molecule has 4 heteroatoms. The van der Waals surface area contributed by atoms with Gasteiger partial charge < -0.3 is 4.74 Å². The summed E-state index contributed by atoms with van der Waals surface area (Å²) in [7, 11) is 1.29. The Morgan fingerprint density at radius 1 is 1.62 bits per heavy atom. The minimum atomic E-state index is -0.486. The van der Waals surface area contributed by atoms with Crippen LogP contribution in [0.15, 0.2) is 12.1 Å². The number of aromatic nitrogens is 1.